The van der Waals surface area contributed by atoms with E-state index in [4.69, 9.17) is 0 Å². The third-order valence-corrected chi connectivity index (χ3v) is 1.99. The number of rotatable bonds is 3. The van der Waals surface area contributed by atoms with Crippen molar-refractivity contribution in [2.24, 2.45) is 0 Å². The van der Waals surface area contributed by atoms with Crippen LogP contribution in [0.5, 0.6) is 0 Å². The highest BCUT2D eigenvalue weighted by Gasteiger charge is 2.12. The van der Waals surface area contributed by atoms with Gasteiger partial charge < -0.3 is 5.32 Å². The summed E-state index contributed by atoms with van der Waals surface area (Å²) in [6.07, 6.45) is 2.13. The summed E-state index contributed by atoms with van der Waals surface area (Å²) in [5.74, 6) is -1.14. The summed E-state index contributed by atoms with van der Waals surface area (Å²) in [6, 6.07) is 3.00. The molecule has 1 amide bonds. The summed E-state index contributed by atoms with van der Waals surface area (Å²) >= 11 is 0. The molecule has 14 heavy (non-hydrogen) atoms. The zero-order chi connectivity index (χ0) is 10.6. The predicted octanol–water partition coefficient (Wildman–Crippen LogP) is 1.75. The van der Waals surface area contributed by atoms with Crippen molar-refractivity contribution in [1.29, 1.82) is 0 Å². The van der Waals surface area contributed by atoms with E-state index in [1.165, 1.54) is 18.3 Å². The van der Waals surface area contributed by atoms with Crippen LogP contribution in [-0.4, -0.2) is 16.9 Å². The van der Waals surface area contributed by atoms with Crippen LogP contribution in [0, 0.1) is 5.95 Å². The molecule has 1 aromatic rings. The molecule has 4 heteroatoms. The summed E-state index contributed by atoms with van der Waals surface area (Å²) in [5.41, 5.74) is -0.00667. The van der Waals surface area contributed by atoms with Crippen LogP contribution in [0.4, 0.5) is 4.39 Å². The number of carbonyl (C=O) groups excluding carboxylic acids is 1. The Balaban J connectivity index is 2.75. The number of amides is 1. The maximum absolute atomic E-state index is 13.0. The van der Waals surface area contributed by atoms with E-state index in [0.717, 1.165) is 6.42 Å². The van der Waals surface area contributed by atoms with Gasteiger partial charge in [-0.2, -0.15) is 4.39 Å². The molecular formula is C10H13FN2O. The van der Waals surface area contributed by atoms with E-state index < -0.39 is 11.9 Å². The van der Waals surface area contributed by atoms with E-state index >= 15 is 0 Å². The summed E-state index contributed by atoms with van der Waals surface area (Å²) in [4.78, 5) is 14.8. The van der Waals surface area contributed by atoms with E-state index in [0.29, 0.717) is 0 Å². The van der Waals surface area contributed by atoms with Crippen molar-refractivity contribution < 1.29 is 9.18 Å². The Hall–Kier alpha value is -1.45. The maximum atomic E-state index is 13.0. The van der Waals surface area contributed by atoms with Crippen LogP contribution in [0.3, 0.4) is 0 Å². The van der Waals surface area contributed by atoms with Crippen LogP contribution in [0.15, 0.2) is 18.3 Å². The molecule has 0 aromatic carbocycles. The number of aromatic nitrogens is 1. The minimum atomic E-state index is -0.728. The highest BCUT2D eigenvalue weighted by atomic mass is 19.1. The van der Waals surface area contributed by atoms with E-state index in [2.05, 4.69) is 10.3 Å². The second-order valence-corrected chi connectivity index (χ2v) is 3.12. The van der Waals surface area contributed by atoms with Gasteiger partial charge in [0.15, 0.2) is 0 Å². The van der Waals surface area contributed by atoms with E-state index in [1.54, 1.807) is 0 Å². The molecule has 0 saturated carbocycles. The Bertz CT molecular complexity index is 328. The van der Waals surface area contributed by atoms with Gasteiger partial charge in [-0.15, -0.1) is 0 Å². The quantitative estimate of drug-likeness (QED) is 0.748. The molecule has 0 aliphatic carbocycles. The Labute approximate surface area is 82.4 Å². The van der Waals surface area contributed by atoms with Gasteiger partial charge >= 0.3 is 0 Å². The van der Waals surface area contributed by atoms with Gasteiger partial charge in [-0.25, -0.2) is 4.98 Å². The number of nitrogens with one attached hydrogen (secondary N) is 1. The molecule has 76 valence electrons. The van der Waals surface area contributed by atoms with Gasteiger partial charge in [-0.3, -0.25) is 4.79 Å². The second-order valence-electron chi connectivity index (χ2n) is 3.12. The first-order valence-corrected chi connectivity index (χ1v) is 4.56. The average molecular weight is 196 g/mol. The monoisotopic (exact) mass is 196 g/mol. The summed E-state index contributed by atoms with van der Waals surface area (Å²) < 4.78 is 13.0. The van der Waals surface area contributed by atoms with Crippen molar-refractivity contribution in [3.63, 3.8) is 0 Å². The number of carbonyl (C=O) groups is 1. The van der Waals surface area contributed by atoms with Gasteiger partial charge in [0, 0.05) is 12.2 Å². The van der Waals surface area contributed by atoms with Crippen LogP contribution in [-0.2, 0) is 0 Å². The fraction of sp³-hybridized carbons (Fsp3) is 0.400. The fourth-order valence-corrected chi connectivity index (χ4v) is 0.959. The highest BCUT2D eigenvalue weighted by Crippen LogP contribution is 2.03. The lowest BCUT2D eigenvalue weighted by molar-refractivity contribution is 0.0934. The first-order valence-electron chi connectivity index (χ1n) is 4.56. The Morgan fingerprint density at radius 3 is 3.00 bits per heavy atom. The molecule has 0 spiro atoms. The minimum Gasteiger partial charge on any atom is -0.349 e. The molecule has 1 N–H and O–H groups in total. The van der Waals surface area contributed by atoms with Crippen LogP contribution in [0.2, 0.25) is 0 Å². The molecule has 0 bridgehead atoms. The van der Waals surface area contributed by atoms with Gasteiger partial charge in [-0.05, 0) is 25.5 Å². The molecule has 0 aliphatic rings. The smallest absolute Gasteiger partial charge is 0.256 e. The lowest BCUT2D eigenvalue weighted by Crippen LogP contribution is -2.32. The van der Waals surface area contributed by atoms with E-state index in [-0.39, 0.29) is 11.6 Å². The first-order chi connectivity index (χ1) is 6.65. The standard InChI is InChI=1S/C10H13FN2O/c1-3-7(2)13-10(14)8-5-4-6-12-9(8)11/h4-7H,3H2,1-2H3,(H,13,14). The Kier molecular flexibility index (Phi) is 3.56. The van der Waals surface area contributed by atoms with Crippen LogP contribution in [0.1, 0.15) is 30.6 Å². The predicted molar refractivity (Wildman–Crippen MR) is 51.4 cm³/mol. The van der Waals surface area contributed by atoms with E-state index in [1.807, 2.05) is 13.8 Å². The highest BCUT2D eigenvalue weighted by molar-refractivity contribution is 5.94. The van der Waals surface area contributed by atoms with Crippen molar-refractivity contribution in [3.8, 4) is 0 Å². The van der Waals surface area contributed by atoms with Gasteiger partial charge in [0.25, 0.3) is 5.91 Å². The molecule has 3 nitrogen and oxygen atoms in total. The maximum Gasteiger partial charge on any atom is 0.256 e. The molecular weight excluding hydrogens is 183 g/mol. The van der Waals surface area contributed by atoms with Crippen LogP contribution in [0.25, 0.3) is 0 Å². The summed E-state index contributed by atoms with van der Waals surface area (Å²) in [6.45, 7) is 3.82. The third kappa shape index (κ3) is 2.52. The van der Waals surface area contributed by atoms with Gasteiger partial charge in [-0.1, -0.05) is 6.92 Å². The topological polar surface area (TPSA) is 42.0 Å². The minimum absolute atomic E-state index is 0.00667. The Morgan fingerprint density at radius 2 is 2.43 bits per heavy atom. The molecule has 0 saturated heterocycles. The summed E-state index contributed by atoms with van der Waals surface area (Å²) in [7, 11) is 0. The number of pyridine rings is 1. The molecule has 1 aromatic heterocycles. The normalized spacial score (nSPS) is 12.2. The zero-order valence-corrected chi connectivity index (χ0v) is 8.25. The molecule has 1 unspecified atom stereocenters. The Morgan fingerprint density at radius 1 is 1.71 bits per heavy atom. The fourth-order valence-electron chi connectivity index (χ4n) is 0.959. The van der Waals surface area contributed by atoms with Crippen molar-refractivity contribution in [2.45, 2.75) is 26.3 Å². The number of hydrogen-bond donors (Lipinski definition) is 1. The number of nitrogens with zero attached hydrogens (tertiary/aromatic N) is 1. The zero-order valence-electron chi connectivity index (χ0n) is 8.25. The summed E-state index contributed by atoms with van der Waals surface area (Å²) in [5, 5.41) is 2.67. The average Bonchev–Trinajstić information content (AvgIpc) is 2.18. The van der Waals surface area contributed by atoms with Crippen molar-refractivity contribution >= 4 is 5.91 Å². The molecule has 1 rings (SSSR count). The van der Waals surface area contributed by atoms with Crippen LogP contribution >= 0.6 is 0 Å². The van der Waals surface area contributed by atoms with Gasteiger partial charge in [0.2, 0.25) is 5.95 Å². The third-order valence-electron chi connectivity index (χ3n) is 1.99. The largest absolute Gasteiger partial charge is 0.349 e. The molecule has 1 atom stereocenters. The molecule has 0 radical (unpaired) electrons. The lowest BCUT2D eigenvalue weighted by Gasteiger charge is -2.10. The van der Waals surface area contributed by atoms with E-state index in [9.17, 15) is 9.18 Å². The van der Waals surface area contributed by atoms with Crippen LogP contribution < -0.4 is 5.32 Å². The lowest BCUT2D eigenvalue weighted by atomic mass is 10.2. The van der Waals surface area contributed by atoms with Gasteiger partial charge in [0.1, 0.15) is 0 Å². The van der Waals surface area contributed by atoms with Gasteiger partial charge in [0.05, 0.1) is 5.56 Å². The second kappa shape index (κ2) is 4.69. The molecule has 0 fully saturated rings. The SMILES string of the molecule is CCC(C)NC(=O)c1cccnc1F. The molecule has 0 aliphatic heterocycles. The molecule has 1 heterocycles. The number of halogens is 1. The van der Waals surface area contributed by atoms with Crippen molar-refractivity contribution in [1.82, 2.24) is 10.3 Å². The number of hydrogen-bond acceptors (Lipinski definition) is 2. The van der Waals surface area contributed by atoms with Crippen molar-refractivity contribution in [3.05, 3.63) is 29.8 Å². The first kappa shape index (κ1) is 10.6. The van der Waals surface area contributed by atoms with Crippen molar-refractivity contribution in [2.75, 3.05) is 0 Å².